The van der Waals surface area contributed by atoms with E-state index in [0.717, 1.165) is 9.35 Å². The van der Waals surface area contributed by atoms with E-state index in [0.29, 0.717) is 6.54 Å². The van der Waals surface area contributed by atoms with Crippen molar-refractivity contribution < 1.29 is 9.53 Å². The van der Waals surface area contributed by atoms with Crippen LogP contribution in [0.3, 0.4) is 0 Å². The average molecular weight is 292 g/mol. The van der Waals surface area contributed by atoms with Gasteiger partial charge in [0.25, 0.3) is 0 Å². The number of hydrogen-bond acceptors (Lipinski definition) is 3. The normalized spacial score (nSPS) is 11.2. The summed E-state index contributed by atoms with van der Waals surface area (Å²) in [6.07, 6.45) is -0.386. The van der Waals surface area contributed by atoms with Gasteiger partial charge < -0.3 is 10.1 Å². The third-order valence-electron chi connectivity index (χ3n) is 1.48. The molecule has 84 valence electrons. The van der Waals surface area contributed by atoms with Crippen LogP contribution in [0.15, 0.2) is 15.9 Å². The Morgan fingerprint density at radius 2 is 2.27 bits per heavy atom. The Bertz CT molecular complexity index is 343. The van der Waals surface area contributed by atoms with Gasteiger partial charge in [-0.15, -0.1) is 11.3 Å². The topological polar surface area (TPSA) is 38.3 Å². The molecule has 1 heterocycles. The second kappa shape index (κ2) is 4.99. The molecule has 0 aliphatic heterocycles. The number of rotatable bonds is 2. The van der Waals surface area contributed by atoms with Gasteiger partial charge in [0.05, 0.1) is 6.54 Å². The van der Waals surface area contributed by atoms with E-state index in [1.54, 1.807) is 11.3 Å². The van der Waals surface area contributed by atoms with Crippen molar-refractivity contribution in [2.45, 2.75) is 32.9 Å². The number of hydrogen-bond donors (Lipinski definition) is 1. The minimum absolute atomic E-state index is 0.386. The number of thiophene rings is 1. The zero-order chi connectivity index (χ0) is 11.5. The van der Waals surface area contributed by atoms with Crippen molar-refractivity contribution in [3.05, 3.63) is 20.8 Å². The van der Waals surface area contributed by atoms with Crippen LogP contribution in [0.1, 0.15) is 25.6 Å². The zero-order valence-electron chi connectivity index (χ0n) is 8.96. The molecule has 1 amide bonds. The maximum Gasteiger partial charge on any atom is 0.407 e. The maximum absolute atomic E-state index is 11.3. The molecule has 0 bridgehead atoms. The molecule has 0 radical (unpaired) electrons. The van der Waals surface area contributed by atoms with Gasteiger partial charge in [-0.05, 0) is 48.1 Å². The molecule has 1 N–H and O–H groups in total. The first-order valence-electron chi connectivity index (χ1n) is 4.57. The van der Waals surface area contributed by atoms with Crippen LogP contribution < -0.4 is 5.32 Å². The van der Waals surface area contributed by atoms with Crippen LogP contribution in [-0.2, 0) is 11.3 Å². The zero-order valence-corrected chi connectivity index (χ0v) is 11.4. The van der Waals surface area contributed by atoms with E-state index in [1.807, 2.05) is 32.2 Å². The van der Waals surface area contributed by atoms with Gasteiger partial charge in [0, 0.05) is 9.35 Å². The Morgan fingerprint density at radius 1 is 1.60 bits per heavy atom. The Morgan fingerprint density at radius 3 is 2.73 bits per heavy atom. The van der Waals surface area contributed by atoms with Gasteiger partial charge >= 0.3 is 6.09 Å². The van der Waals surface area contributed by atoms with E-state index in [9.17, 15) is 4.79 Å². The van der Waals surface area contributed by atoms with Crippen molar-refractivity contribution in [3.63, 3.8) is 0 Å². The van der Waals surface area contributed by atoms with Gasteiger partial charge in [-0.25, -0.2) is 4.79 Å². The predicted molar refractivity (Wildman–Crippen MR) is 65.1 cm³/mol. The Labute approximate surface area is 102 Å². The van der Waals surface area contributed by atoms with E-state index in [1.165, 1.54) is 0 Å². The second-order valence-corrected chi connectivity index (χ2v) is 5.90. The lowest BCUT2D eigenvalue weighted by Gasteiger charge is -2.19. The van der Waals surface area contributed by atoms with Gasteiger partial charge in [0.15, 0.2) is 0 Å². The molecule has 5 heteroatoms. The number of carbonyl (C=O) groups is 1. The van der Waals surface area contributed by atoms with Crippen LogP contribution in [0.5, 0.6) is 0 Å². The molecular weight excluding hydrogens is 278 g/mol. The summed E-state index contributed by atoms with van der Waals surface area (Å²) < 4.78 is 6.13. The van der Waals surface area contributed by atoms with Crippen molar-refractivity contribution >= 4 is 33.4 Å². The Balaban J connectivity index is 2.38. The van der Waals surface area contributed by atoms with Crippen LogP contribution in [0.25, 0.3) is 0 Å². The van der Waals surface area contributed by atoms with E-state index in [2.05, 4.69) is 21.2 Å². The van der Waals surface area contributed by atoms with Crippen LogP contribution >= 0.6 is 27.3 Å². The monoisotopic (exact) mass is 291 g/mol. The average Bonchev–Trinajstić information content (AvgIpc) is 2.44. The molecule has 0 aliphatic rings. The molecule has 0 aliphatic carbocycles. The van der Waals surface area contributed by atoms with Crippen molar-refractivity contribution in [2.75, 3.05) is 0 Å². The largest absolute Gasteiger partial charge is 0.444 e. The van der Waals surface area contributed by atoms with Gasteiger partial charge in [-0.1, -0.05) is 0 Å². The number of carbonyl (C=O) groups excluding carboxylic acids is 1. The number of alkyl carbamates (subject to hydrolysis) is 1. The molecule has 3 nitrogen and oxygen atoms in total. The molecule has 0 fully saturated rings. The summed E-state index contributed by atoms with van der Waals surface area (Å²) in [6.45, 7) is 6.02. The van der Waals surface area contributed by atoms with E-state index in [4.69, 9.17) is 4.74 Å². The quantitative estimate of drug-likeness (QED) is 0.905. The summed E-state index contributed by atoms with van der Waals surface area (Å²) in [5.74, 6) is 0. The highest BCUT2D eigenvalue weighted by molar-refractivity contribution is 9.10. The fourth-order valence-corrected chi connectivity index (χ4v) is 2.35. The van der Waals surface area contributed by atoms with Crippen molar-refractivity contribution in [1.82, 2.24) is 5.32 Å². The highest BCUT2D eigenvalue weighted by atomic mass is 79.9. The van der Waals surface area contributed by atoms with E-state index < -0.39 is 5.60 Å². The lowest BCUT2D eigenvalue weighted by molar-refractivity contribution is 0.0524. The maximum atomic E-state index is 11.3. The molecule has 1 rings (SSSR count). The summed E-state index contributed by atoms with van der Waals surface area (Å²) >= 11 is 4.99. The first kappa shape index (κ1) is 12.5. The highest BCUT2D eigenvalue weighted by Crippen LogP contribution is 2.22. The minimum Gasteiger partial charge on any atom is -0.444 e. The van der Waals surface area contributed by atoms with E-state index in [-0.39, 0.29) is 6.09 Å². The third-order valence-corrected chi connectivity index (χ3v) is 3.41. The number of nitrogens with one attached hydrogen (secondary N) is 1. The fraction of sp³-hybridized carbons (Fsp3) is 0.500. The predicted octanol–water partition coefficient (Wildman–Crippen LogP) is 3.54. The standard InChI is InChI=1S/C10H14BrNO2S/c1-10(2,3)14-9(13)12-6-8-7(11)4-5-15-8/h4-5H,6H2,1-3H3,(H,12,13). The first-order chi connectivity index (χ1) is 6.88. The molecule has 0 unspecified atom stereocenters. The number of ether oxygens (including phenoxy) is 1. The SMILES string of the molecule is CC(C)(C)OC(=O)NCc1sccc1Br. The molecule has 0 aromatic carbocycles. The Kier molecular flexibility index (Phi) is 4.16. The van der Waals surface area contributed by atoms with Crippen LogP contribution in [0.2, 0.25) is 0 Å². The highest BCUT2D eigenvalue weighted by Gasteiger charge is 2.16. The fourth-order valence-electron chi connectivity index (χ4n) is 0.918. The second-order valence-electron chi connectivity index (χ2n) is 4.05. The summed E-state index contributed by atoms with van der Waals surface area (Å²) in [6, 6.07) is 1.96. The van der Waals surface area contributed by atoms with Crippen molar-refractivity contribution in [3.8, 4) is 0 Å². The third kappa shape index (κ3) is 4.66. The summed E-state index contributed by atoms with van der Waals surface area (Å²) in [5.41, 5.74) is -0.448. The van der Waals surface area contributed by atoms with E-state index >= 15 is 0 Å². The first-order valence-corrected chi connectivity index (χ1v) is 6.24. The van der Waals surface area contributed by atoms with Gasteiger partial charge in [-0.3, -0.25) is 0 Å². The van der Waals surface area contributed by atoms with Crippen molar-refractivity contribution in [2.24, 2.45) is 0 Å². The minimum atomic E-state index is -0.448. The van der Waals surface area contributed by atoms with Gasteiger partial charge in [0.2, 0.25) is 0 Å². The van der Waals surface area contributed by atoms with Crippen LogP contribution in [-0.4, -0.2) is 11.7 Å². The molecule has 0 spiro atoms. The van der Waals surface area contributed by atoms with Crippen molar-refractivity contribution in [1.29, 1.82) is 0 Å². The molecule has 0 atom stereocenters. The lowest BCUT2D eigenvalue weighted by atomic mass is 10.2. The molecule has 1 aromatic rings. The van der Waals surface area contributed by atoms with Crippen LogP contribution in [0, 0.1) is 0 Å². The van der Waals surface area contributed by atoms with Gasteiger partial charge in [-0.2, -0.15) is 0 Å². The lowest BCUT2D eigenvalue weighted by Crippen LogP contribution is -2.31. The molecular formula is C10H14BrNO2S. The Hall–Kier alpha value is -0.550. The molecule has 1 aromatic heterocycles. The van der Waals surface area contributed by atoms with Crippen LogP contribution in [0.4, 0.5) is 4.79 Å². The summed E-state index contributed by atoms with van der Waals surface area (Å²) in [4.78, 5) is 12.4. The summed E-state index contributed by atoms with van der Waals surface area (Å²) in [7, 11) is 0. The summed E-state index contributed by atoms with van der Waals surface area (Å²) in [5, 5.41) is 4.67. The smallest absolute Gasteiger partial charge is 0.407 e. The number of halogens is 1. The molecule has 0 saturated carbocycles. The molecule has 0 saturated heterocycles. The van der Waals surface area contributed by atoms with Gasteiger partial charge in [0.1, 0.15) is 5.60 Å². The molecule has 15 heavy (non-hydrogen) atoms. The number of amides is 1.